The number of benzene rings is 1. The maximum atomic E-state index is 11.7. The first kappa shape index (κ1) is 13.0. The SMILES string of the molecule is Cc1cccc(-n2nnc(C(=O)NCCO)c2N)c1. The van der Waals surface area contributed by atoms with Crippen molar-refractivity contribution in [3.05, 3.63) is 35.5 Å². The van der Waals surface area contributed by atoms with E-state index in [1.165, 1.54) is 4.68 Å². The monoisotopic (exact) mass is 261 g/mol. The molecule has 0 unspecified atom stereocenters. The fraction of sp³-hybridized carbons (Fsp3) is 0.250. The molecule has 0 spiro atoms. The molecular weight excluding hydrogens is 246 g/mol. The van der Waals surface area contributed by atoms with Crippen molar-refractivity contribution in [3.8, 4) is 5.69 Å². The Morgan fingerprint density at radius 1 is 1.53 bits per heavy atom. The molecule has 1 aromatic heterocycles. The zero-order valence-corrected chi connectivity index (χ0v) is 10.5. The van der Waals surface area contributed by atoms with E-state index >= 15 is 0 Å². The van der Waals surface area contributed by atoms with Crippen molar-refractivity contribution in [2.24, 2.45) is 0 Å². The van der Waals surface area contributed by atoms with Crippen molar-refractivity contribution < 1.29 is 9.90 Å². The van der Waals surface area contributed by atoms with Crippen LogP contribution in [0.25, 0.3) is 5.69 Å². The normalized spacial score (nSPS) is 10.4. The van der Waals surface area contributed by atoms with Crippen LogP contribution in [0.4, 0.5) is 5.82 Å². The zero-order valence-electron chi connectivity index (χ0n) is 10.5. The van der Waals surface area contributed by atoms with Gasteiger partial charge in [0.25, 0.3) is 5.91 Å². The van der Waals surface area contributed by atoms with Crippen LogP contribution in [0.1, 0.15) is 16.1 Å². The minimum Gasteiger partial charge on any atom is -0.395 e. The van der Waals surface area contributed by atoms with Crippen LogP contribution in [0.5, 0.6) is 0 Å². The van der Waals surface area contributed by atoms with Crippen molar-refractivity contribution in [2.75, 3.05) is 18.9 Å². The highest BCUT2D eigenvalue weighted by Crippen LogP contribution is 2.15. The van der Waals surface area contributed by atoms with E-state index in [-0.39, 0.29) is 24.7 Å². The molecule has 2 aromatic rings. The molecule has 4 N–H and O–H groups in total. The number of anilines is 1. The highest BCUT2D eigenvalue weighted by Gasteiger charge is 2.17. The number of carbonyl (C=O) groups excluding carboxylic acids is 1. The number of nitrogen functional groups attached to an aromatic ring is 1. The summed E-state index contributed by atoms with van der Waals surface area (Å²) in [6.07, 6.45) is 0. The maximum absolute atomic E-state index is 11.7. The van der Waals surface area contributed by atoms with Gasteiger partial charge >= 0.3 is 0 Å². The van der Waals surface area contributed by atoms with Crippen LogP contribution in [0.15, 0.2) is 24.3 Å². The van der Waals surface area contributed by atoms with Crippen LogP contribution in [0, 0.1) is 6.92 Å². The van der Waals surface area contributed by atoms with Crippen LogP contribution in [0.3, 0.4) is 0 Å². The number of nitrogens with one attached hydrogen (secondary N) is 1. The largest absolute Gasteiger partial charge is 0.395 e. The Bertz CT molecular complexity index is 594. The average molecular weight is 261 g/mol. The number of aromatic nitrogens is 3. The number of nitrogens with two attached hydrogens (primary N) is 1. The predicted octanol–water partition coefficient (Wildman–Crippen LogP) is -0.120. The molecule has 19 heavy (non-hydrogen) atoms. The summed E-state index contributed by atoms with van der Waals surface area (Å²) >= 11 is 0. The highest BCUT2D eigenvalue weighted by molar-refractivity contribution is 5.96. The molecule has 0 aliphatic rings. The lowest BCUT2D eigenvalue weighted by Gasteiger charge is -2.04. The Balaban J connectivity index is 2.30. The summed E-state index contributed by atoms with van der Waals surface area (Å²) < 4.78 is 1.40. The van der Waals surface area contributed by atoms with E-state index in [1.807, 2.05) is 31.2 Å². The van der Waals surface area contributed by atoms with Crippen LogP contribution in [-0.4, -0.2) is 39.2 Å². The highest BCUT2D eigenvalue weighted by atomic mass is 16.3. The third kappa shape index (κ3) is 2.71. The molecule has 7 nitrogen and oxygen atoms in total. The predicted molar refractivity (Wildman–Crippen MR) is 69.9 cm³/mol. The second-order valence-electron chi connectivity index (χ2n) is 4.05. The molecule has 0 fully saturated rings. The Labute approximate surface area is 110 Å². The van der Waals surface area contributed by atoms with E-state index < -0.39 is 5.91 Å². The molecule has 1 amide bonds. The second kappa shape index (κ2) is 5.49. The van der Waals surface area contributed by atoms with Gasteiger partial charge in [-0.1, -0.05) is 17.3 Å². The van der Waals surface area contributed by atoms with Crippen LogP contribution < -0.4 is 11.1 Å². The van der Waals surface area contributed by atoms with E-state index in [0.717, 1.165) is 11.3 Å². The molecule has 100 valence electrons. The van der Waals surface area contributed by atoms with Gasteiger partial charge in [0, 0.05) is 6.54 Å². The molecule has 0 aliphatic carbocycles. The number of nitrogens with zero attached hydrogens (tertiary/aromatic N) is 3. The average Bonchev–Trinajstić information content (AvgIpc) is 2.78. The molecule has 0 atom stereocenters. The van der Waals surface area contributed by atoms with Gasteiger partial charge in [0.2, 0.25) is 0 Å². The molecule has 7 heteroatoms. The Hall–Kier alpha value is -2.41. The van der Waals surface area contributed by atoms with E-state index in [9.17, 15) is 4.79 Å². The van der Waals surface area contributed by atoms with Gasteiger partial charge < -0.3 is 16.2 Å². The van der Waals surface area contributed by atoms with Crippen molar-refractivity contribution in [1.29, 1.82) is 0 Å². The molecule has 0 saturated heterocycles. The summed E-state index contributed by atoms with van der Waals surface area (Å²) in [6, 6.07) is 7.54. The van der Waals surface area contributed by atoms with Crippen LogP contribution >= 0.6 is 0 Å². The minimum atomic E-state index is -0.453. The first-order chi connectivity index (χ1) is 9.13. The first-order valence-corrected chi connectivity index (χ1v) is 5.80. The first-order valence-electron chi connectivity index (χ1n) is 5.80. The van der Waals surface area contributed by atoms with E-state index in [1.54, 1.807) is 0 Å². The lowest BCUT2D eigenvalue weighted by atomic mass is 10.2. The fourth-order valence-electron chi connectivity index (χ4n) is 1.65. The van der Waals surface area contributed by atoms with Crippen LogP contribution in [-0.2, 0) is 0 Å². The summed E-state index contributed by atoms with van der Waals surface area (Å²) in [5.41, 5.74) is 7.72. The van der Waals surface area contributed by atoms with Gasteiger partial charge in [-0.25, -0.2) is 0 Å². The number of hydrogen-bond acceptors (Lipinski definition) is 5. The van der Waals surface area contributed by atoms with Crippen LogP contribution in [0.2, 0.25) is 0 Å². The molecule has 0 bridgehead atoms. The smallest absolute Gasteiger partial charge is 0.275 e. The third-order valence-corrected chi connectivity index (χ3v) is 2.56. The third-order valence-electron chi connectivity index (χ3n) is 2.56. The molecule has 1 aromatic carbocycles. The molecule has 0 saturated carbocycles. The summed E-state index contributed by atoms with van der Waals surface area (Å²) in [5.74, 6) is -0.286. The number of hydrogen-bond donors (Lipinski definition) is 3. The second-order valence-corrected chi connectivity index (χ2v) is 4.05. The van der Waals surface area contributed by atoms with Crippen molar-refractivity contribution in [1.82, 2.24) is 20.3 Å². The van der Waals surface area contributed by atoms with Gasteiger partial charge in [-0.05, 0) is 24.6 Å². The lowest BCUT2D eigenvalue weighted by Crippen LogP contribution is -2.27. The molecule has 2 rings (SSSR count). The van der Waals surface area contributed by atoms with Gasteiger partial charge in [-0.15, -0.1) is 5.10 Å². The van der Waals surface area contributed by atoms with Gasteiger partial charge in [0.1, 0.15) is 0 Å². The minimum absolute atomic E-state index is 0.0509. The van der Waals surface area contributed by atoms with E-state index in [4.69, 9.17) is 10.8 Å². The number of amides is 1. The fourth-order valence-corrected chi connectivity index (χ4v) is 1.65. The standard InChI is InChI=1S/C12H15N5O2/c1-8-3-2-4-9(7-8)17-11(13)10(15-16-17)12(19)14-5-6-18/h2-4,7,18H,5-6,13H2,1H3,(H,14,19). The number of aliphatic hydroxyl groups is 1. The van der Waals surface area contributed by atoms with Gasteiger partial charge in [0.05, 0.1) is 12.3 Å². The Morgan fingerprint density at radius 2 is 2.32 bits per heavy atom. The Morgan fingerprint density at radius 3 is 3.00 bits per heavy atom. The number of aryl methyl sites for hydroxylation is 1. The zero-order chi connectivity index (χ0) is 13.8. The van der Waals surface area contributed by atoms with Crippen molar-refractivity contribution in [3.63, 3.8) is 0 Å². The summed E-state index contributed by atoms with van der Waals surface area (Å²) in [7, 11) is 0. The number of aliphatic hydroxyl groups excluding tert-OH is 1. The number of carbonyl (C=O) groups is 1. The molecular formula is C12H15N5O2. The van der Waals surface area contributed by atoms with Crippen molar-refractivity contribution in [2.45, 2.75) is 6.92 Å². The van der Waals surface area contributed by atoms with Gasteiger partial charge in [-0.3, -0.25) is 4.79 Å². The number of rotatable bonds is 4. The topological polar surface area (TPSA) is 106 Å². The van der Waals surface area contributed by atoms with Gasteiger partial charge in [-0.2, -0.15) is 4.68 Å². The Kier molecular flexibility index (Phi) is 3.76. The summed E-state index contributed by atoms with van der Waals surface area (Å²) in [6.45, 7) is 1.96. The van der Waals surface area contributed by atoms with Crippen molar-refractivity contribution >= 4 is 11.7 Å². The summed E-state index contributed by atoms with van der Waals surface area (Å²) in [5, 5.41) is 18.8. The quantitative estimate of drug-likeness (QED) is 0.711. The summed E-state index contributed by atoms with van der Waals surface area (Å²) in [4.78, 5) is 11.7. The maximum Gasteiger partial charge on any atom is 0.275 e. The molecule has 0 radical (unpaired) electrons. The van der Waals surface area contributed by atoms with E-state index in [2.05, 4.69) is 15.6 Å². The molecule has 0 aliphatic heterocycles. The molecule has 1 heterocycles. The van der Waals surface area contributed by atoms with E-state index in [0.29, 0.717) is 0 Å². The lowest BCUT2D eigenvalue weighted by molar-refractivity contribution is 0.0940. The van der Waals surface area contributed by atoms with Gasteiger partial charge in [0.15, 0.2) is 11.5 Å².